The maximum absolute atomic E-state index is 11.0. The number of hydrogen-bond acceptors (Lipinski definition) is 5. The van der Waals surface area contributed by atoms with Crippen LogP contribution < -0.4 is 16.8 Å². The van der Waals surface area contributed by atoms with E-state index in [4.69, 9.17) is 21.8 Å². The van der Waals surface area contributed by atoms with Gasteiger partial charge in [-0.3, -0.25) is 0 Å². The highest BCUT2D eigenvalue weighted by atomic mass is 35.5. The molecule has 3 rings (SSSR count). The van der Waals surface area contributed by atoms with E-state index in [1.807, 2.05) is 6.07 Å². The smallest absolute Gasteiger partial charge is 0.388 e. The van der Waals surface area contributed by atoms with Crippen molar-refractivity contribution in [2.24, 2.45) is 11.7 Å². The largest absolute Gasteiger partial charge is 0.434 e. The third-order valence-corrected chi connectivity index (χ3v) is 4.45. The molecule has 0 saturated heterocycles. The van der Waals surface area contributed by atoms with Gasteiger partial charge < -0.3 is 15.5 Å². The van der Waals surface area contributed by atoms with Gasteiger partial charge in [0.05, 0.1) is 10.7 Å². The lowest BCUT2D eigenvalue weighted by Crippen LogP contribution is -2.29. The fourth-order valence-corrected chi connectivity index (χ4v) is 2.98. The minimum Gasteiger partial charge on any atom is -0.388 e. The Morgan fingerprint density at radius 1 is 1.35 bits per heavy atom. The van der Waals surface area contributed by atoms with Crippen LogP contribution in [0.4, 0.5) is 5.69 Å². The van der Waals surface area contributed by atoms with Crippen LogP contribution in [0.3, 0.4) is 0 Å². The molecule has 0 radical (unpaired) electrons. The second kappa shape index (κ2) is 7.86. The van der Waals surface area contributed by atoms with E-state index < -0.39 is 5.76 Å². The average molecular weight is 359 g/mol. The first-order valence-corrected chi connectivity index (χ1v) is 7.84. The lowest BCUT2D eigenvalue weighted by atomic mass is 9.86. The van der Waals surface area contributed by atoms with Crippen molar-refractivity contribution in [3.8, 4) is 11.5 Å². The Morgan fingerprint density at radius 2 is 2.09 bits per heavy atom. The monoisotopic (exact) mass is 358 g/mol. The zero-order valence-corrected chi connectivity index (χ0v) is 14.1. The number of aromatic nitrogens is 2. The lowest BCUT2D eigenvalue weighted by molar-refractivity contribution is 0.339. The van der Waals surface area contributed by atoms with Crippen molar-refractivity contribution in [1.29, 1.82) is 0 Å². The Kier molecular flexibility index (Phi) is 6.10. The lowest BCUT2D eigenvalue weighted by Gasteiger charge is -2.26. The number of rotatable bonds is 4. The summed E-state index contributed by atoms with van der Waals surface area (Å²) >= 11 is 6.23. The highest BCUT2D eigenvalue weighted by molar-refractivity contribution is 6.33. The first kappa shape index (κ1) is 17.8. The summed E-state index contributed by atoms with van der Waals surface area (Å²) in [5, 5.41) is 10.1. The first-order chi connectivity index (χ1) is 10.6. The van der Waals surface area contributed by atoms with Gasteiger partial charge in [-0.25, -0.2) is 9.89 Å². The summed E-state index contributed by atoms with van der Waals surface area (Å²) in [6.07, 6.45) is 4.44. The zero-order valence-electron chi connectivity index (χ0n) is 12.5. The fraction of sp³-hybridized carbons (Fsp3) is 0.467. The average Bonchev–Trinajstić information content (AvgIpc) is 2.95. The summed E-state index contributed by atoms with van der Waals surface area (Å²) < 4.78 is 4.96. The van der Waals surface area contributed by atoms with Crippen LogP contribution in [-0.2, 0) is 0 Å². The van der Waals surface area contributed by atoms with Crippen LogP contribution in [0, 0.1) is 5.92 Å². The van der Waals surface area contributed by atoms with Gasteiger partial charge in [0, 0.05) is 18.2 Å². The van der Waals surface area contributed by atoms with Crippen LogP contribution in [0.2, 0.25) is 5.02 Å². The van der Waals surface area contributed by atoms with Crippen molar-refractivity contribution in [1.82, 2.24) is 10.2 Å². The van der Waals surface area contributed by atoms with Gasteiger partial charge in [0.15, 0.2) is 0 Å². The minimum atomic E-state index is -0.571. The van der Waals surface area contributed by atoms with Crippen molar-refractivity contribution in [3.05, 3.63) is 33.8 Å². The minimum absolute atomic E-state index is 0. The fourth-order valence-electron chi connectivity index (χ4n) is 2.79. The van der Waals surface area contributed by atoms with E-state index >= 15 is 0 Å². The molecule has 1 heterocycles. The second-order valence-corrected chi connectivity index (χ2v) is 6.18. The number of hydrogen-bond donors (Lipinski definition) is 3. The molecule has 23 heavy (non-hydrogen) atoms. The molecular weight excluding hydrogens is 339 g/mol. The summed E-state index contributed by atoms with van der Waals surface area (Å²) in [6, 6.07) is 5.73. The predicted octanol–water partition coefficient (Wildman–Crippen LogP) is 3.03. The number of nitrogens with two attached hydrogens (primary N) is 1. The van der Waals surface area contributed by atoms with Gasteiger partial charge in [0.2, 0.25) is 5.89 Å². The number of nitrogens with one attached hydrogen (secondary N) is 2. The van der Waals surface area contributed by atoms with Crippen LogP contribution >= 0.6 is 24.0 Å². The number of halogens is 2. The van der Waals surface area contributed by atoms with Crippen LogP contribution in [-0.4, -0.2) is 22.8 Å². The van der Waals surface area contributed by atoms with Gasteiger partial charge in [0.1, 0.15) is 0 Å². The third kappa shape index (κ3) is 4.50. The van der Waals surface area contributed by atoms with Gasteiger partial charge in [-0.05, 0) is 49.8 Å². The molecule has 0 aliphatic heterocycles. The molecule has 2 aromatic rings. The van der Waals surface area contributed by atoms with E-state index in [9.17, 15) is 4.79 Å². The number of benzene rings is 1. The molecule has 1 aliphatic carbocycles. The Hall–Kier alpha value is -1.50. The van der Waals surface area contributed by atoms with Gasteiger partial charge in [-0.15, -0.1) is 17.5 Å². The van der Waals surface area contributed by atoms with Crippen LogP contribution in [0.1, 0.15) is 25.7 Å². The topological polar surface area (TPSA) is 96.9 Å². The van der Waals surface area contributed by atoms with Crippen molar-refractivity contribution in [3.63, 3.8) is 0 Å². The molecule has 0 amide bonds. The molecule has 126 valence electrons. The van der Waals surface area contributed by atoms with Gasteiger partial charge >= 0.3 is 5.76 Å². The second-order valence-electron chi connectivity index (χ2n) is 5.77. The third-order valence-electron chi connectivity index (χ3n) is 4.12. The van der Waals surface area contributed by atoms with Gasteiger partial charge in [-0.2, -0.15) is 0 Å². The summed E-state index contributed by atoms with van der Waals surface area (Å²) in [5.74, 6) is 0.300. The molecule has 1 aromatic heterocycles. The number of nitrogens with zero attached hydrogens (tertiary/aromatic N) is 1. The summed E-state index contributed by atoms with van der Waals surface area (Å²) in [5.41, 5.74) is 7.45. The predicted molar refractivity (Wildman–Crippen MR) is 93.2 cm³/mol. The van der Waals surface area contributed by atoms with E-state index in [0.29, 0.717) is 22.5 Å². The first-order valence-electron chi connectivity index (χ1n) is 7.46. The number of H-pyrrole nitrogens is 1. The SMILES string of the molecule is Cl.NC1CCC(CNc2cc(-c3n[nH]c(=O)o3)ccc2Cl)CC1. The summed E-state index contributed by atoms with van der Waals surface area (Å²) in [6.45, 7) is 0.862. The molecule has 1 aromatic carbocycles. The molecule has 1 aliphatic rings. The van der Waals surface area contributed by atoms with Crippen LogP contribution in [0.25, 0.3) is 11.5 Å². The Bertz CT molecular complexity index is 693. The molecule has 8 heteroatoms. The van der Waals surface area contributed by atoms with Crippen LogP contribution in [0.5, 0.6) is 0 Å². The van der Waals surface area contributed by atoms with Crippen molar-refractivity contribution in [2.45, 2.75) is 31.7 Å². The number of anilines is 1. The molecule has 0 atom stereocenters. The molecule has 0 bridgehead atoms. The van der Waals surface area contributed by atoms with E-state index in [1.54, 1.807) is 12.1 Å². The quantitative estimate of drug-likeness (QED) is 0.780. The Balaban J connectivity index is 0.00000192. The molecule has 1 saturated carbocycles. The van der Waals surface area contributed by atoms with E-state index in [-0.39, 0.29) is 18.3 Å². The summed E-state index contributed by atoms with van der Waals surface area (Å²) in [4.78, 5) is 11.0. The number of aromatic amines is 1. The molecular formula is C15H20Cl2N4O2. The van der Waals surface area contributed by atoms with E-state index in [0.717, 1.165) is 37.9 Å². The molecule has 6 nitrogen and oxygen atoms in total. The van der Waals surface area contributed by atoms with Gasteiger partial charge in [-0.1, -0.05) is 11.6 Å². The van der Waals surface area contributed by atoms with Crippen molar-refractivity contribution >= 4 is 29.7 Å². The van der Waals surface area contributed by atoms with E-state index in [2.05, 4.69) is 15.5 Å². The molecule has 1 fully saturated rings. The molecule has 0 unspecified atom stereocenters. The zero-order chi connectivity index (χ0) is 15.5. The normalized spacial score (nSPS) is 20.8. The maximum Gasteiger partial charge on any atom is 0.434 e. The Labute approximate surface area is 145 Å². The highest BCUT2D eigenvalue weighted by Gasteiger charge is 2.18. The standard InChI is InChI=1S/C15H19ClN4O2.ClH/c16-12-6-3-10(14-19-20-15(21)22-14)7-13(12)18-8-9-1-4-11(17)5-2-9;/h3,6-7,9,11,18H,1-2,4-5,8,17H2,(H,20,21);1H. The van der Waals surface area contributed by atoms with Crippen LogP contribution in [0.15, 0.2) is 27.4 Å². The van der Waals surface area contributed by atoms with Gasteiger partial charge in [0.25, 0.3) is 0 Å². The van der Waals surface area contributed by atoms with E-state index in [1.165, 1.54) is 0 Å². The maximum atomic E-state index is 11.0. The summed E-state index contributed by atoms with van der Waals surface area (Å²) in [7, 11) is 0. The van der Waals surface area contributed by atoms with Crippen molar-refractivity contribution < 1.29 is 4.42 Å². The van der Waals surface area contributed by atoms with Crippen molar-refractivity contribution in [2.75, 3.05) is 11.9 Å². The molecule has 4 N–H and O–H groups in total. The highest BCUT2D eigenvalue weighted by Crippen LogP contribution is 2.29. The Morgan fingerprint density at radius 3 is 2.74 bits per heavy atom. The molecule has 0 spiro atoms.